The van der Waals surface area contributed by atoms with E-state index in [1.54, 1.807) is 13.0 Å². The molecule has 0 amide bonds. The van der Waals surface area contributed by atoms with Gasteiger partial charge >= 0.3 is 13.1 Å². The average molecular weight is 240 g/mol. The van der Waals surface area contributed by atoms with E-state index >= 15 is 0 Å². The molecule has 0 bridgehead atoms. The van der Waals surface area contributed by atoms with Crippen molar-refractivity contribution in [3.05, 3.63) is 12.7 Å². The van der Waals surface area contributed by atoms with Crippen molar-refractivity contribution in [2.24, 2.45) is 5.92 Å². The van der Waals surface area contributed by atoms with Crippen molar-refractivity contribution in [2.75, 3.05) is 0 Å². The SMILES string of the molecule is C=CC(B1OC(C)(C)C(C)(C)O1)C(C)C(=O)O. The number of hydrogen-bond acceptors (Lipinski definition) is 3. The first-order valence-electron chi connectivity index (χ1n) is 5.83. The van der Waals surface area contributed by atoms with Crippen LogP contribution < -0.4 is 0 Å². The van der Waals surface area contributed by atoms with Gasteiger partial charge in [-0.05, 0) is 27.7 Å². The highest BCUT2D eigenvalue weighted by molar-refractivity contribution is 6.48. The molecule has 1 aliphatic heterocycles. The molecule has 0 spiro atoms. The third-order valence-corrected chi connectivity index (χ3v) is 3.82. The second kappa shape index (κ2) is 4.46. The standard InChI is InChI=1S/C12H21BO4/c1-7-9(8(2)10(14)15)13-16-11(3,4)12(5,6)17-13/h7-9H,1H2,2-6H3,(H,14,15). The Hall–Kier alpha value is -0.805. The second-order valence-electron chi connectivity index (χ2n) is 5.56. The monoisotopic (exact) mass is 240 g/mol. The van der Waals surface area contributed by atoms with Gasteiger partial charge in [0.1, 0.15) is 0 Å². The minimum absolute atomic E-state index is 0.353. The van der Waals surface area contributed by atoms with Gasteiger partial charge in [-0.1, -0.05) is 13.0 Å². The lowest BCUT2D eigenvalue weighted by molar-refractivity contribution is -0.141. The number of carbonyl (C=O) groups is 1. The van der Waals surface area contributed by atoms with Crippen molar-refractivity contribution < 1.29 is 19.2 Å². The van der Waals surface area contributed by atoms with E-state index < -0.39 is 30.2 Å². The Morgan fingerprint density at radius 2 is 1.71 bits per heavy atom. The van der Waals surface area contributed by atoms with Crippen LogP contribution in [0.5, 0.6) is 0 Å². The first-order valence-corrected chi connectivity index (χ1v) is 5.83. The Morgan fingerprint density at radius 1 is 1.29 bits per heavy atom. The van der Waals surface area contributed by atoms with Gasteiger partial charge in [0.15, 0.2) is 0 Å². The molecule has 2 unspecified atom stereocenters. The fourth-order valence-electron chi connectivity index (χ4n) is 1.76. The Morgan fingerprint density at radius 3 is 2.00 bits per heavy atom. The molecule has 2 atom stereocenters. The van der Waals surface area contributed by atoms with Crippen LogP contribution >= 0.6 is 0 Å². The van der Waals surface area contributed by atoms with Crippen LogP contribution in [0.1, 0.15) is 34.6 Å². The van der Waals surface area contributed by atoms with E-state index in [2.05, 4.69) is 6.58 Å². The molecule has 0 saturated carbocycles. The zero-order chi connectivity index (χ0) is 13.4. The lowest BCUT2D eigenvalue weighted by Gasteiger charge is -2.32. The first kappa shape index (κ1) is 14.3. The van der Waals surface area contributed by atoms with Crippen LogP contribution in [-0.4, -0.2) is 29.4 Å². The highest BCUT2D eigenvalue weighted by atomic mass is 16.7. The smallest absolute Gasteiger partial charge is 0.466 e. The molecule has 1 aliphatic rings. The van der Waals surface area contributed by atoms with Crippen molar-refractivity contribution in [1.82, 2.24) is 0 Å². The number of allylic oxidation sites excluding steroid dienone is 1. The van der Waals surface area contributed by atoms with Crippen molar-refractivity contribution in [3.8, 4) is 0 Å². The summed E-state index contributed by atoms with van der Waals surface area (Å²) in [4.78, 5) is 11.0. The number of aliphatic carboxylic acids is 1. The summed E-state index contributed by atoms with van der Waals surface area (Å²) in [5.74, 6) is -1.81. The Bertz CT molecular complexity index is 308. The first-order chi connectivity index (χ1) is 7.62. The summed E-state index contributed by atoms with van der Waals surface area (Å²) in [6.07, 6.45) is 1.60. The molecule has 1 rings (SSSR count). The predicted molar refractivity (Wildman–Crippen MR) is 66.8 cm³/mol. The number of carboxylic acid groups (broad SMARTS) is 1. The molecule has 1 N–H and O–H groups in total. The number of carboxylic acids is 1. The van der Waals surface area contributed by atoms with Crippen molar-refractivity contribution in [2.45, 2.75) is 51.6 Å². The average Bonchev–Trinajstić information content (AvgIpc) is 2.36. The Labute approximate surface area is 103 Å². The van der Waals surface area contributed by atoms with Gasteiger partial charge in [-0.15, -0.1) is 6.58 Å². The Balaban J connectivity index is 2.88. The summed E-state index contributed by atoms with van der Waals surface area (Å²) in [6, 6.07) is 0. The zero-order valence-electron chi connectivity index (χ0n) is 11.2. The van der Waals surface area contributed by atoms with Crippen molar-refractivity contribution in [1.29, 1.82) is 0 Å². The number of hydrogen-bond donors (Lipinski definition) is 1. The minimum Gasteiger partial charge on any atom is -0.481 e. The molecule has 0 radical (unpaired) electrons. The lowest BCUT2D eigenvalue weighted by atomic mass is 9.65. The fourth-order valence-corrected chi connectivity index (χ4v) is 1.76. The zero-order valence-corrected chi connectivity index (χ0v) is 11.2. The number of rotatable bonds is 4. The second-order valence-corrected chi connectivity index (χ2v) is 5.56. The molecule has 0 aromatic carbocycles. The molecule has 17 heavy (non-hydrogen) atoms. The van der Waals surface area contributed by atoms with E-state index in [9.17, 15) is 4.79 Å². The van der Waals surface area contributed by atoms with Gasteiger partial charge < -0.3 is 14.4 Å². The molecule has 1 heterocycles. The normalized spacial score (nSPS) is 25.4. The van der Waals surface area contributed by atoms with Crippen LogP contribution in [0.4, 0.5) is 0 Å². The topological polar surface area (TPSA) is 55.8 Å². The summed E-state index contributed by atoms with van der Waals surface area (Å²) in [5, 5.41) is 9.05. The fraction of sp³-hybridized carbons (Fsp3) is 0.750. The maximum atomic E-state index is 11.0. The Kier molecular flexibility index (Phi) is 3.74. The van der Waals surface area contributed by atoms with Gasteiger partial charge in [-0.25, -0.2) is 0 Å². The van der Waals surface area contributed by atoms with Gasteiger partial charge in [0.25, 0.3) is 0 Å². The van der Waals surface area contributed by atoms with E-state index in [-0.39, 0.29) is 5.82 Å². The molecule has 5 heteroatoms. The minimum atomic E-state index is -0.871. The molecule has 1 fully saturated rings. The van der Waals surface area contributed by atoms with E-state index in [0.717, 1.165) is 0 Å². The van der Waals surface area contributed by atoms with Gasteiger partial charge in [0, 0.05) is 5.82 Å². The van der Waals surface area contributed by atoms with Crippen molar-refractivity contribution >= 4 is 13.1 Å². The summed E-state index contributed by atoms with van der Waals surface area (Å²) in [7, 11) is -0.552. The molecular weight excluding hydrogens is 219 g/mol. The van der Waals surface area contributed by atoms with Gasteiger partial charge in [0.2, 0.25) is 0 Å². The molecular formula is C12H21BO4. The summed E-state index contributed by atoms with van der Waals surface area (Å²) in [6.45, 7) is 13.1. The van der Waals surface area contributed by atoms with E-state index in [0.29, 0.717) is 0 Å². The van der Waals surface area contributed by atoms with Gasteiger partial charge in [-0.2, -0.15) is 0 Å². The summed E-state index contributed by atoms with van der Waals surface area (Å²) < 4.78 is 11.7. The largest absolute Gasteiger partial charge is 0.481 e. The molecule has 0 aliphatic carbocycles. The van der Waals surface area contributed by atoms with Crippen LogP contribution in [0.2, 0.25) is 5.82 Å². The lowest BCUT2D eigenvalue weighted by Crippen LogP contribution is -2.41. The summed E-state index contributed by atoms with van der Waals surface area (Å²) >= 11 is 0. The molecule has 96 valence electrons. The maximum absolute atomic E-state index is 11.0. The quantitative estimate of drug-likeness (QED) is 0.605. The van der Waals surface area contributed by atoms with Crippen LogP contribution in [0.3, 0.4) is 0 Å². The van der Waals surface area contributed by atoms with E-state index in [1.165, 1.54) is 0 Å². The van der Waals surface area contributed by atoms with E-state index in [4.69, 9.17) is 14.4 Å². The van der Waals surface area contributed by atoms with Crippen molar-refractivity contribution in [3.63, 3.8) is 0 Å². The van der Waals surface area contributed by atoms with Crippen LogP contribution in [-0.2, 0) is 14.1 Å². The molecule has 1 saturated heterocycles. The van der Waals surface area contributed by atoms with Crippen LogP contribution in [0.15, 0.2) is 12.7 Å². The molecule has 4 nitrogen and oxygen atoms in total. The third-order valence-electron chi connectivity index (χ3n) is 3.82. The molecule has 0 aromatic heterocycles. The highest BCUT2D eigenvalue weighted by Crippen LogP contribution is 2.42. The van der Waals surface area contributed by atoms with Gasteiger partial charge in [0.05, 0.1) is 17.1 Å². The third kappa shape index (κ3) is 2.55. The van der Waals surface area contributed by atoms with Crippen LogP contribution in [0.25, 0.3) is 0 Å². The highest BCUT2D eigenvalue weighted by Gasteiger charge is 2.54. The molecule has 0 aromatic rings. The van der Waals surface area contributed by atoms with Gasteiger partial charge in [-0.3, -0.25) is 4.79 Å². The van der Waals surface area contributed by atoms with Crippen LogP contribution in [0, 0.1) is 5.92 Å². The maximum Gasteiger partial charge on any atom is 0.466 e. The predicted octanol–water partition coefficient (Wildman–Crippen LogP) is 2.36. The summed E-state index contributed by atoms with van der Waals surface area (Å²) in [5.41, 5.74) is -0.895. The van der Waals surface area contributed by atoms with E-state index in [1.807, 2.05) is 27.7 Å².